The average molecular weight is 418 g/mol. The molecular formula is C18H26O11. The fourth-order valence-corrected chi connectivity index (χ4v) is 3.26. The second kappa shape index (κ2) is 9.62. The Kier molecular flexibility index (Phi) is 7.40. The molecule has 2 heterocycles. The summed E-state index contributed by atoms with van der Waals surface area (Å²) in [6.45, 7) is -1.26. The van der Waals surface area contributed by atoms with Crippen LogP contribution in [0.1, 0.15) is 0 Å². The predicted octanol–water partition coefficient (Wildman–Crippen LogP) is -3.31. The molecule has 2 fully saturated rings. The van der Waals surface area contributed by atoms with E-state index >= 15 is 0 Å². The SMILES string of the molecule is OC[C@@H]1O[C@@H](O[C@@H]2[C@H](Oc3ccccc3)O[C@H](CO)[C@@H](O)[C@@H]2O)[C@H](O)[C@@H](O)[C@@H]1O. The molecule has 11 nitrogen and oxygen atoms in total. The van der Waals surface area contributed by atoms with Gasteiger partial charge in [-0.15, -0.1) is 0 Å². The van der Waals surface area contributed by atoms with E-state index in [9.17, 15) is 35.7 Å². The number of aliphatic hydroxyl groups is 7. The average Bonchev–Trinajstić information content (AvgIpc) is 2.73. The molecule has 2 aliphatic heterocycles. The van der Waals surface area contributed by atoms with Gasteiger partial charge in [0.2, 0.25) is 6.29 Å². The Morgan fingerprint density at radius 2 is 1.24 bits per heavy atom. The van der Waals surface area contributed by atoms with Crippen LogP contribution >= 0.6 is 0 Å². The maximum absolute atomic E-state index is 10.5. The molecule has 0 spiro atoms. The van der Waals surface area contributed by atoms with E-state index in [2.05, 4.69) is 0 Å². The lowest BCUT2D eigenvalue weighted by Crippen LogP contribution is -2.65. The molecule has 0 saturated carbocycles. The second-order valence-electron chi connectivity index (χ2n) is 6.94. The van der Waals surface area contributed by atoms with Crippen molar-refractivity contribution < 1.29 is 54.7 Å². The molecule has 1 aromatic carbocycles. The molecule has 164 valence electrons. The fourth-order valence-electron chi connectivity index (χ4n) is 3.26. The van der Waals surface area contributed by atoms with E-state index in [0.29, 0.717) is 5.75 Å². The van der Waals surface area contributed by atoms with E-state index in [-0.39, 0.29) is 0 Å². The van der Waals surface area contributed by atoms with Crippen LogP contribution in [0.2, 0.25) is 0 Å². The van der Waals surface area contributed by atoms with Crippen molar-refractivity contribution in [3.8, 4) is 5.75 Å². The van der Waals surface area contributed by atoms with Crippen LogP contribution in [0, 0.1) is 0 Å². The van der Waals surface area contributed by atoms with Gasteiger partial charge in [0.05, 0.1) is 13.2 Å². The molecule has 2 saturated heterocycles. The topological polar surface area (TPSA) is 179 Å². The second-order valence-corrected chi connectivity index (χ2v) is 6.94. The van der Waals surface area contributed by atoms with Crippen molar-refractivity contribution in [3.63, 3.8) is 0 Å². The molecule has 7 N–H and O–H groups in total. The first-order valence-electron chi connectivity index (χ1n) is 9.17. The van der Waals surface area contributed by atoms with Gasteiger partial charge < -0.3 is 54.7 Å². The van der Waals surface area contributed by atoms with E-state index < -0.39 is 74.6 Å². The molecule has 0 radical (unpaired) electrons. The van der Waals surface area contributed by atoms with E-state index in [4.69, 9.17) is 18.9 Å². The summed E-state index contributed by atoms with van der Waals surface area (Å²) < 4.78 is 22.0. The number of aliphatic hydroxyl groups excluding tert-OH is 7. The normalized spacial score (nSPS) is 43.1. The predicted molar refractivity (Wildman–Crippen MR) is 93.5 cm³/mol. The summed E-state index contributed by atoms with van der Waals surface area (Å²) in [6.07, 6.45) is -14.8. The molecule has 10 atom stereocenters. The highest BCUT2D eigenvalue weighted by Gasteiger charge is 2.51. The minimum Gasteiger partial charge on any atom is -0.462 e. The Bertz CT molecular complexity index is 629. The summed E-state index contributed by atoms with van der Waals surface area (Å²) >= 11 is 0. The lowest BCUT2D eigenvalue weighted by atomic mass is 9.97. The van der Waals surface area contributed by atoms with Crippen LogP contribution < -0.4 is 4.74 Å². The van der Waals surface area contributed by atoms with Gasteiger partial charge in [0.15, 0.2) is 12.4 Å². The van der Waals surface area contributed by atoms with Crippen molar-refractivity contribution in [3.05, 3.63) is 30.3 Å². The van der Waals surface area contributed by atoms with Gasteiger partial charge in [0.25, 0.3) is 0 Å². The molecule has 0 unspecified atom stereocenters. The largest absolute Gasteiger partial charge is 0.462 e. The number of benzene rings is 1. The summed E-state index contributed by atoms with van der Waals surface area (Å²) in [6, 6.07) is 8.37. The Hall–Kier alpha value is -1.38. The smallest absolute Gasteiger partial charge is 0.229 e. The van der Waals surface area contributed by atoms with Gasteiger partial charge in [0.1, 0.15) is 48.5 Å². The lowest BCUT2D eigenvalue weighted by molar-refractivity contribution is -0.357. The molecule has 11 heteroatoms. The summed E-state index contributed by atoms with van der Waals surface area (Å²) in [7, 11) is 0. The highest BCUT2D eigenvalue weighted by molar-refractivity contribution is 5.21. The molecule has 0 bridgehead atoms. The number of para-hydroxylation sites is 1. The number of rotatable bonds is 6. The van der Waals surface area contributed by atoms with Crippen LogP contribution in [-0.2, 0) is 14.2 Å². The minimum absolute atomic E-state index is 0.347. The summed E-state index contributed by atoms with van der Waals surface area (Å²) in [5, 5.41) is 69.3. The third kappa shape index (κ3) is 4.70. The Morgan fingerprint density at radius 1 is 0.690 bits per heavy atom. The van der Waals surface area contributed by atoms with E-state index in [1.807, 2.05) is 0 Å². The summed E-state index contributed by atoms with van der Waals surface area (Å²) in [5.74, 6) is 0.347. The van der Waals surface area contributed by atoms with Crippen molar-refractivity contribution in [2.24, 2.45) is 0 Å². The van der Waals surface area contributed by atoms with Crippen LogP contribution in [0.5, 0.6) is 5.75 Å². The first-order chi connectivity index (χ1) is 13.9. The van der Waals surface area contributed by atoms with Crippen LogP contribution in [0.25, 0.3) is 0 Å². The summed E-state index contributed by atoms with van der Waals surface area (Å²) in [4.78, 5) is 0. The van der Waals surface area contributed by atoms with Gasteiger partial charge in [-0.1, -0.05) is 18.2 Å². The van der Waals surface area contributed by atoms with Gasteiger partial charge in [-0.2, -0.15) is 0 Å². The van der Waals surface area contributed by atoms with Gasteiger partial charge in [-0.25, -0.2) is 0 Å². The first-order valence-corrected chi connectivity index (χ1v) is 9.17. The molecule has 0 aromatic heterocycles. The Labute approximate surface area is 166 Å². The monoisotopic (exact) mass is 418 g/mol. The van der Waals surface area contributed by atoms with Crippen molar-refractivity contribution >= 4 is 0 Å². The summed E-state index contributed by atoms with van der Waals surface area (Å²) in [5.41, 5.74) is 0. The van der Waals surface area contributed by atoms with Crippen LogP contribution in [0.4, 0.5) is 0 Å². The molecule has 2 aliphatic rings. The molecule has 0 aliphatic carbocycles. The Balaban J connectivity index is 1.80. The Morgan fingerprint density at radius 3 is 1.83 bits per heavy atom. The third-order valence-electron chi connectivity index (χ3n) is 4.96. The maximum Gasteiger partial charge on any atom is 0.229 e. The zero-order chi connectivity index (χ0) is 21.1. The standard InChI is InChI=1S/C18H26O11/c19-6-9-11(21)13(23)15(25)17(27-9)29-16-14(24)12(22)10(7-20)28-18(16)26-8-4-2-1-3-5-8/h1-5,9-25H,6-7H2/t9-,10+,11+,12+,13-,14-,15+,16-,17-,18+/m0/s1. The zero-order valence-corrected chi connectivity index (χ0v) is 15.3. The van der Waals surface area contributed by atoms with Crippen molar-refractivity contribution in [1.82, 2.24) is 0 Å². The van der Waals surface area contributed by atoms with Crippen molar-refractivity contribution in [1.29, 1.82) is 0 Å². The number of hydrogen-bond acceptors (Lipinski definition) is 11. The number of ether oxygens (including phenoxy) is 4. The van der Waals surface area contributed by atoms with Crippen molar-refractivity contribution in [2.75, 3.05) is 13.2 Å². The quantitative estimate of drug-likeness (QED) is 0.246. The van der Waals surface area contributed by atoms with Crippen molar-refractivity contribution in [2.45, 2.75) is 61.4 Å². The number of hydrogen-bond donors (Lipinski definition) is 7. The zero-order valence-electron chi connectivity index (χ0n) is 15.3. The third-order valence-corrected chi connectivity index (χ3v) is 4.96. The minimum atomic E-state index is -1.72. The van der Waals surface area contributed by atoms with Crippen LogP contribution in [0.15, 0.2) is 30.3 Å². The van der Waals surface area contributed by atoms with Gasteiger partial charge >= 0.3 is 0 Å². The van der Waals surface area contributed by atoms with E-state index in [0.717, 1.165) is 0 Å². The molecule has 3 rings (SSSR count). The molecule has 1 aromatic rings. The molecular weight excluding hydrogens is 392 g/mol. The lowest BCUT2D eigenvalue weighted by Gasteiger charge is -2.45. The molecule has 29 heavy (non-hydrogen) atoms. The maximum atomic E-state index is 10.5. The molecule has 0 amide bonds. The van der Waals surface area contributed by atoms with E-state index in [1.165, 1.54) is 0 Å². The fraction of sp³-hybridized carbons (Fsp3) is 0.667. The van der Waals surface area contributed by atoms with Crippen LogP contribution in [0.3, 0.4) is 0 Å². The first kappa shape index (κ1) is 22.3. The van der Waals surface area contributed by atoms with Crippen LogP contribution in [-0.4, -0.2) is 110 Å². The van der Waals surface area contributed by atoms with Gasteiger partial charge in [0, 0.05) is 0 Å². The highest BCUT2D eigenvalue weighted by atomic mass is 16.8. The van der Waals surface area contributed by atoms with Gasteiger partial charge in [-0.05, 0) is 12.1 Å². The van der Waals surface area contributed by atoms with E-state index in [1.54, 1.807) is 30.3 Å². The highest BCUT2D eigenvalue weighted by Crippen LogP contribution is 2.30. The van der Waals surface area contributed by atoms with Gasteiger partial charge in [-0.3, -0.25) is 0 Å².